The second kappa shape index (κ2) is 6.36. The third kappa shape index (κ3) is 6.04. The van der Waals surface area contributed by atoms with Crippen molar-refractivity contribution in [3.8, 4) is 0 Å². The molecule has 1 atom stereocenters. The van der Waals surface area contributed by atoms with Crippen molar-refractivity contribution in [2.24, 2.45) is 11.7 Å². The third-order valence-corrected chi connectivity index (χ3v) is 2.56. The van der Waals surface area contributed by atoms with Crippen LogP contribution < -0.4 is 5.73 Å². The highest BCUT2D eigenvalue weighted by atomic mass is 16.6. The number of carbonyl (C=O) groups excluding carboxylic acids is 2. The minimum atomic E-state index is -0.550. The smallest absolute Gasteiger partial charge is 0.307 e. The maximum Gasteiger partial charge on any atom is 0.307 e. The summed E-state index contributed by atoms with van der Waals surface area (Å²) in [5.41, 5.74) is 5.78. The van der Waals surface area contributed by atoms with Gasteiger partial charge in [-0.25, -0.2) is 0 Å². The maximum absolute atomic E-state index is 11.7. The minimum absolute atomic E-state index is 0.0154. The highest BCUT2D eigenvalue weighted by Gasteiger charge is 2.24. The quantitative estimate of drug-likeness (QED) is 0.827. The Kier molecular flexibility index (Phi) is 5.10. The number of esters is 1. The van der Waals surface area contributed by atoms with Crippen molar-refractivity contribution >= 4 is 11.9 Å². The molecule has 1 aromatic rings. The van der Waals surface area contributed by atoms with Gasteiger partial charge in [0.15, 0.2) is 0 Å². The van der Waals surface area contributed by atoms with Gasteiger partial charge >= 0.3 is 5.97 Å². The molecule has 1 amide bonds. The van der Waals surface area contributed by atoms with Crippen LogP contribution in [-0.4, -0.2) is 17.5 Å². The van der Waals surface area contributed by atoms with E-state index in [1.807, 2.05) is 30.3 Å². The molecule has 0 spiro atoms. The van der Waals surface area contributed by atoms with Crippen LogP contribution in [0.25, 0.3) is 0 Å². The second-order valence-corrected chi connectivity index (χ2v) is 5.58. The Balaban J connectivity index is 2.64. The van der Waals surface area contributed by atoms with Gasteiger partial charge in [-0.1, -0.05) is 30.3 Å². The van der Waals surface area contributed by atoms with Crippen molar-refractivity contribution in [3.63, 3.8) is 0 Å². The van der Waals surface area contributed by atoms with E-state index < -0.39 is 23.4 Å². The Bertz CT molecular complexity index is 434. The molecule has 0 aliphatic rings. The fourth-order valence-electron chi connectivity index (χ4n) is 1.76. The standard InChI is InChI=1S/C15H21NO3/c1-15(2,3)19-13(17)10-12(14(16)18)9-11-7-5-4-6-8-11/h4-8,12H,9-10H2,1-3H3,(H2,16,18). The summed E-state index contributed by atoms with van der Waals surface area (Å²) in [5.74, 6) is -1.40. The molecule has 0 aliphatic carbocycles. The van der Waals surface area contributed by atoms with Crippen LogP contribution in [0, 0.1) is 5.92 Å². The molecule has 104 valence electrons. The zero-order valence-corrected chi connectivity index (χ0v) is 11.7. The van der Waals surface area contributed by atoms with Crippen LogP contribution in [0.5, 0.6) is 0 Å². The lowest BCUT2D eigenvalue weighted by Crippen LogP contribution is -2.31. The second-order valence-electron chi connectivity index (χ2n) is 5.58. The first-order valence-corrected chi connectivity index (χ1v) is 6.33. The van der Waals surface area contributed by atoms with Gasteiger partial charge in [0.2, 0.25) is 5.91 Å². The van der Waals surface area contributed by atoms with Crippen molar-refractivity contribution in [1.29, 1.82) is 0 Å². The van der Waals surface area contributed by atoms with Crippen molar-refractivity contribution in [2.75, 3.05) is 0 Å². The van der Waals surface area contributed by atoms with E-state index in [9.17, 15) is 9.59 Å². The van der Waals surface area contributed by atoms with Crippen molar-refractivity contribution in [3.05, 3.63) is 35.9 Å². The fraction of sp³-hybridized carbons (Fsp3) is 0.467. The van der Waals surface area contributed by atoms with Crippen molar-refractivity contribution in [2.45, 2.75) is 39.2 Å². The van der Waals surface area contributed by atoms with E-state index in [4.69, 9.17) is 10.5 Å². The Hall–Kier alpha value is -1.84. The van der Waals surface area contributed by atoms with Gasteiger partial charge < -0.3 is 10.5 Å². The molecular weight excluding hydrogens is 242 g/mol. The van der Waals surface area contributed by atoms with Gasteiger partial charge in [-0.3, -0.25) is 9.59 Å². The van der Waals surface area contributed by atoms with E-state index in [1.165, 1.54) is 0 Å². The first kappa shape index (κ1) is 15.2. The number of nitrogens with two attached hydrogens (primary N) is 1. The zero-order valence-electron chi connectivity index (χ0n) is 11.7. The van der Waals surface area contributed by atoms with Gasteiger partial charge in [-0.15, -0.1) is 0 Å². The average Bonchev–Trinajstić information content (AvgIpc) is 2.26. The van der Waals surface area contributed by atoms with E-state index in [2.05, 4.69) is 0 Å². The number of benzene rings is 1. The van der Waals surface area contributed by atoms with E-state index >= 15 is 0 Å². The van der Waals surface area contributed by atoms with Gasteiger partial charge in [-0.05, 0) is 32.8 Å². The fourth-order valence-corrected chi connectivity index (χ4v) is 1.76. The van der Waals surface area contributed by atoms with Gasteiger partial charge in [0.05, 0.1) is 12.3 Å². The Morgan fingerprint density at radius 3 is 2.26 bits per heavy atom. The highest BCUT2D eigenvalue weighted by molar-refractivity contribution is 5.82. The molecule has 4 nitrogen and oxygen atoms in total. The summed E-state index contributed by atoms with van der Waals surface area (Å²) < 4.78 is 5.21. The van der Waals surface area contributed by atoms with Crippen molar-refractivity contribution in [1.82, 2.24) is 0 Å². The van der Waals surface area contributed by atoms with Crippen LogP contribution in [-0.2, 0) is 20.7 Å². The summed E-state index contributed by atoms with van der Waals surface area (Å²) in [5, 5.41) is 0. The summed E-state index contributed by atoms with van der Waals surface area (Å²) >= 11 is 0. The molecule has 0 saturated heterocycles. The molecule has 1 unspecified atom stereocenters. The van der Waals surface area contributed by atoms with E-state index in [0.717, 1.165) is 5.56 Å². The Labute approximate surface area is 113 Å². The predicted molar refractivity (Wildman–Crippen MR) is 73.3 cm³/mol. The summed E-state index contributed by atoms with van der Waals surface area (Å²) in [6.07, 6.45) is 0.469. The number of amides is 1. The van der Waals surface area contributed by atoms with Gasteiger partial charge in [-0.2, -0.15) is 0 Å². The third-order valence-electron chi connectivity index (χ3n) is 2.56. The number of hydrogen-bond acceptors (Lipinski definition) is 3. The molecule has 0 heterocycles. The van der Waals surface area contributed by atoms with Crippen LogP contribution in [0.4, 0.5) is 0 Å². The summed E-state index contributed by atoms with van der Waals surface area (Å²) in [6.45, 7) is 5.38. The molecule has 1 aromatic carbocycles. The summed E-state index contributed by atoms with van der Waals surface area (Å²) in [7, 11) is 0. The first-order chi connectivity index (χ1) is 8.78. The van der Waals surface area contributed by atoms with Gasteiger partial charge in [0, 0.05) is 0 Å². The van der Waals surface area contributed by atoms with Crippen LogP contribution in [0.3, 0.4) is 0 Å². The van der Waals surface area contributed by atoms with Gasteiger partial charge in [0.1, 0.15) is 5.60 Å². The molecule has 19 heavy (non-hydrogen) atoms. The molecule has 0 aliphatic heterocycles. The summed E-state index contributed by atoms with van der Waals surface area (Å²) in [4.78, 5) is 23.2. The Morgan fingerprint density at radius 1 is 1.21 bits per heavy atom. The molecule has 0 bridgehead atoms. The SMILES string of the molecule is CC(C)(C)OC(=O)CC(Cc1ccccc1)C(N)=O. The normalized spacial score (nSPS) is 12.8. The number of rotatable bonds is 5. The number of hydrogen-bond donors (Lipinski definition) is 1. The largest absolute Gasteiger partial charge is 0.460 e. The molecule has 2 N–H and O–H groups in total. The maximum atomic E-state index is 11.7. The zero-order chi connectivity index (χ0) is 14.5. The lowest BCUT2D eigenvalue weighted by atomic mass is 9.95. The molecule has 0 saturated carbocycles. The molecule has 1 rings (SSSR count). The van der Waals surface area contributed by atoms with Gasteiger partial charge in [0.25, 0.3) is 0 Å². The Morgan fingerprint density at radius 2 is 1.79 bits per heavy atom. The lowest BCUT2D eigenvalue weighted by Gasteiger charge is -2.21. The van der Waals surface area contributed by atoms with Crippen LogP contribution in [0.2, 0.25) is 0 Å². The number of primary amides is 1. The molecule has 0 radical (unpaired) electrons. The number of ether oxygens (including phenoxy) is 1. The molecule has 4 heteroatoms. The van der Waals surface area contributed by atoms with E-state index in [0.29, 0.717) is 6.42 Å². The monoisotopic (exact) mass is 263 g/mol. The predicted octanol–water partition coefficient (Wildman–Crippen LogP) is 2.06. The van der Waals surface area contributed by atoms with Crippen LogP contribution in [0.15, 0.2) is 30.3 Å². The van der Waals surface area contributed by atoms with Crippen molar-refractivity contribution < 1.29 is 14.3 Å². The molecule has 0 aromatic heterocycles. The number of carbonyl (C=O) groups is 2. The van der Waals surface area contributed by atoms with Crippen LogP contribution in [0.1, 0.15) is 32.8 Å². The van der Waals surface area contributed by atoms with E-state index in [-0.39, 0.29) is 6.42 Å². The highest BCUT2D eigenvalue weighted by Crippen LogP contribution is 2.16. The lowest BCUT2D eigenvalue weighted by molar-refractivity contribution is -0.157. The van der Waals surface area contributed by atoms with Crippen LogP contribution >= 0.6 is 0 Å². The molecular formula is C15H21NO3. The van der Waals surface area contributed by atoms with E-state index in [1.54, 1.807) is 20.8 Å². The topological polar surface area (TPSA) is 69.4 Å². The average molecular weight is 263 g/mol. The first-order valence-electron chi connectivity index (χ1n) is 6.33. The minimum Gasteiger partial charge on any atom is -0.460 e. The molecule has 0 fully saturated rings. The summed E-state index contributed by atoms with van der Waals surface area (Å²) in [6, 6.07) is 9.49.